The van der Waals surface area contributed by atoms with Gasteiger partial charge in [0, 0.05) is 25.0 Å². The fourth-order valence-electron chi connectivity index (χ4n) is 3.01. The van der Waals surface area contributed by atoms with Gasteiger partial charge in [0.25, 0.3) is 0 Å². The van der Waals surface area contributed by atoms with E-state index >= 15 is 0 Å². The molecule has 0 heterocycles. The number of nitrogens with two attached hydrogens (primary N) is 2. The molecule has 7 nitrogen and oxygen atoms in total. The van der Waals surface area contributed by atoms with Crippen molar-refractivity contribution in [1.29, 1.82) is 0 Å². The van der Waals surface area contributed by atoms with Crippen LogP contribution in [0.2, 0.25) is 0 Å². The van der Waals surface area contributed by atoms with Crippen LogP contribution < -0.4 is 16.2 Å². The number of benzene rings is 1. The van der Waals surface area contributed by atoms with Crippen LogP contribution in [0.3, 0.4) is 0 Å². The summed E-state index contributed by atoms with van der Waals surface area (Å²) in [6.45, 7) is 3.96. The van der Waals surface area contributed by atoms with Gasteiger partial charge in [0.1, 0.15) is 0 Å². The molecule has 0 aromatic heterocycles. The lowest BCUT2D eigenvalue weighted by Gasteiger charge is -2.32. The molecule has 0 atom stereocenters. The van der Waals surface area contributed by atoms with Gasteiger partial charge in [-0.1, -0.05) is 0 Å². The summed E-state index contributed by atoms with van der Waals surface area (Å²) in [5.41, 5.74) is 11.9. The number of sulfonamides is 1. The Balaban J connectivity index is 1.97. The zero-order valence-electron chi connectivity index (χ0n) is 15.0. The van der Waals surface area contributed by atoms with Crippen molar-refractivity contribution >= 4 is 27.3 Å². The van der Waals surface area contributed by atoms with Crippen LogP contribution >= 0.6 is 0 Å². The molecule has 1 aliphatic carbocycles. The number of carbonyl (C=O) groups excluding carboxylic acids is 1. The molecule has 1 fully saturated rings. The van der Waals surface area contributed by atoms with Gasteiger partial charge in [0.15, 0.2) is 0 Å². The highest BCUT2D eigenvalue weighted by Crippen LogP contribution is 2.28. The summed E-state index contributed by atoms with van der Waals surface area (Å²) >= 11 is 0. The van der Waals surface area contributed by atoms with Crippen molar-refractivity contribution in [1.82, 2.24) is 9.62 Å². The van der Waals surface area contributed by atoms with E-state index in [0.717, 1.165) is 0 Å². The van der Waals surface area contributed by atoms with Crippen molar-refractivity contribution in [3.05, 3.63) is 18.2 Å². The molecule has 5 N–H and O–H groups in total. The number of anilines is 2. The minimum atomic E-state index is -3.65. The molecular weight excluding hydrogens is 340 g/mol. The molecule has 2 rings (SSSR count). The Morgan fingerprint density at radius 2 is 1.76 bits per heavy atom. The summed E-state index contributed by atoms with van der Waals surface area (Å²) in [5.74, 6) is 0.114. The monoisotopic (exact) mass is 368 g/mol. The minimum Gasteiger partial charge on any atom is -0.397 e. The fraction of sp³-hybridized carbons (Fsp3) is 0.588. The zero-order valence-corrected chi connectivity index (χ0v) is 15.8. The molecule has 1 saturated carbocycles. The molecule has 0 aliphatic heterocycles. The smallest absolute Gasteiger partial charge is 0.240 e. The third-order valence-corrected chi connectivity index (χ3v) is 6.41. The van der Waals surface area contributed by atoms with Crippen LogP contribution in [0, 0.1) is 5.92 Å². The average molecular weight is 369 g/mol. The van der Waals surface area contributed by atoms with Crippen LogP contribution in [-0.2, 0) is 14.8 Å². The SMILES string of the molecule is CC(C)N(C)C(=O)[C@H]1CC[C@H](NS(=O)(=O)c2ccc(N)c(N)c2)CC1. The first-order valence-corrected chi connectivity index (χ1v) is 10.0. The second kappa shape index (κ2) is 7.61. The zero-order chi connectivity index (χ0) is 18.8. The van der Waals surface area contributed by atoms with Crippen molar-refractivity contribution in [3.63, 3.8) is 0 Å². The first-order valence-electron chi connectivity index (χ1n) is 8.56. The standard InChI is InChI=1S/C17H28N4O3S/c1-11(2)21(3)17(22)12-4-6-13(7-5-12)20-25(23,24)14-8-9-15(18)16(19)10-14/h8-13,20H,4-7,18-19H2,1-3H3/t12-,13-. The van der Waals surface area contributed by atoms with E-state index in [1.807, 2.05) is 20.9 Å². The van der Waals surface area contributed by atoms with Gasteiger partial charge in [-0.2, -0.15) is 0 Å². The molecule has 8 heteroatoms. The minimum absolute atomic E-state index is 0.0275. The maximum absolute atomic E-state index is 12.5. The third-order valence-electron chi connectivity index (χ3n) is 4.89. The number of rotatable bonds is 5. The maximum atomic E-state index is 12.5. The lowest BCUT2D eigenvalue weighted by atomic mass is 9.85. The van der Waals surface area contributed by atoms with E-state index in [9.17, 15) is 13.2 Å². The molecule has 1 aromatic carbocycles. The molecule has 25 heavy (non-hydrogen) atoms. The van der Waals surface area contributed by atoms with Crippen LogP contribution in [0.1, 0.15) is 39.5 Å². The van der Waals surface area contributed by atoms with Crippen molar-refractivity contribution in [3.8, 4) is 0 Å². The summed E-state index contributed by atoms with van der Waals surface area (Å²) in [6, 6.07) is 4.30. The second-order valence-electron chi connectivity index (χ2n) is 7.00. The molecule has 0 bridgehead atoms. The topological polar surface area (TPSA) is 119 Å². The molecule has 1 aliphatic rings. The average Bonchev–Trinajstić information content (AvgIpc) is 2.56. The quantitative estimate of drug-likeness (QED) is 0.682. The predicted octanol–water partition coefficient (Wildman–Crippen LogP) is 1.55. The number of nitrogens with zero attached hydrogens (tertiary/aromatic N) is 1. The first kappa shape index (κ1) is 19.5. The normalized spacial score (nSPS) is 21.3. The van der Waals surface area contributed by atoms with E-state index in [2.05, 4.69) is 4.72 Å². The number of hydrogen-bond donors (Lipinski definition) is 3. The van der Waals surface area contributed by atoms with Crippen molar-refractivity contribution in [2.75, 3.05) is 18.5 Å². The molecule has 1 aromatic rings. The number of nitrogens with one attached hydrogen (secondary N) is 1. The first-order chi connectivity index (χ1) is 11.6. The fourth-order valence-corrected chi connectivity index (χ4v) is 4.35. The van der Waals surface area contributed by atoms with Crippen molar-refractivity contribution in [2.24, 2.45) is 5.92 Å². The van der Waals surface area contributed by atoms with Crippen LogP contribution in [0.5, 0.6) is 0 Å². The van der Waals surface area contributed by atoms with Crippen LogP contribution in [-0.4, -0.2) is 38.4 Å². The van der Waals surface area contributed by atoms with E-state index in [4.69, 9.17) is 11.5 Å². The van der Waals surface area contributed by atoms with Gasteiger partial charge >= 0.3 is 0 Å². The highest BCUT2D eigenvalue weighted by Gasteiger charge is 2.31. The summed E-state index contributed by atoms with van der Waals surface area (Å²) in [6.07, 6.45) is 2.66. The van der Waals surface area contributed by atoms with Gasteiger partial charge in [-0.05, 0) is 57.7 Å². The molecule has 1 amide bonds. The van der Waals surface area contributed by atoms with Crippen molar-refractivity contribution in [2.45, 2.75) is 56.5 Å². The molecule has 0 spiro atoms. The van der Waals surface area contributed by atoms with E-state index in [1.54, 1.807) is 4.90 Å². The van der Waals surface area contributed by atoms with Gasteiger partial charge in [-0.25, -0.2) is 13.1 Å². The van der Waals surface area contributed by atoms with E-state index in [1.165, 1.54) is 18.2 Å². The van der Waals surface area contributed by atoms with Gasteiger partial charge in [0.2, 0.25) is 15.9 Å². The van der Waals surface area contributed by atoms with Crippen LogP contribution in [0.15, 0.2) is 23.1 Å². The van der Waals surface area contributed by atoms with Gasteiger partial charge in [0.05, 0.1) is 16.3 Å². The predicted molar refractivity (Wildman–Crippen MR) is 99.2 cm³/mol. The number of nitrogen functional groups attached to an aromatic ring is 2. The third kappa shape index (κ3) is 4.64. The highest BCUT2D eigenvalue weighted by molar-refractivity contribution is 7.89. The van der Waals surface area contributed by atoms with E-state index in [0.29, 0.717) is 31.4 Å². The Labute approximate surface area is 149 Å². The molecule has 0 radical (unpaired) electrons. The molecule has 0 saturated heterocycles. The number of hydrogen-bond acceptors (Lipinski definition) is 5. The number of carbonyl (C=O) groups is 1. The van der Waals surface area contributed by atoms with E-state index < -0.39 is 10.0 Å². The number of amides is 1. The second-order valence-corrected chi connectivity index (χ2v) is 8.72. The Kier molecular flexibility index (Phi) is 5.95. The largest absolute Gasteiger partial charge is 0.397 e. The van der Waals surface area contributed by atoms with E-state index in [-0.39, 0.29) is 34.5 Å². The lowest BCUT2D eigenvalue weighted by molar-refractivity contribution is -0.136. The molecule has 0 unspecified atom stereocenters. The summed E-state index contributed by atoms with van der Waals surface area (Å²) in [4.78, 5) is 14.2. The Morgan fingerprint density at radius 1 is 1.16 bits per heavy atom. The summed E-state index contributed by atoms with van der Waals surface area (Å²) < 4.78 is 27.7. The van der Waals surface area contributed by atoms with Gasteiger partial charge < -0.3 is 16.4 Å². The van der Waals surface area contributed by atoms with Crippen molar-refractivity contribution < 1.29 is 13.2 Å². The Hall–Kier alpha value is -1.80. The summed E-state index contributed by atoms with van der Waals surface area (Å²) in [5, 5.41) is 0. The molecular formula is C17H28N4O3S. The Bertz CT molecular complexity index is 725. The van der Waals surface area contributed by atoms with Crippen LogP contribution in [0.4, 0.5) is 11.4 Å². The maximum Gasteiger partial charge on any atom is 0.240 e. The highest BCUT2D eigenvalue weighted by atomic mass is 32.2. The van der Waals surface area contributed by atoms with Gasteiger partial charge in [-0.3, -0.25) is 4.79 Å². The Morgan fingerprint density at radius 3 is 2.28 bits per heavy atom. The molecule has 140 valence electrons. The van der Waals surface area contributed by atoms with Gasteiger partial charge in [-0.15, -0.1) is 0 Å². The lowest BCUT2D eigenvalue weighted by Crippen LogP contribution is -2.42. The summed E-state index contributed by atoms with van der Waals surface area (Å²) in [7, 11) is -1.83. The van der Waals surface area contributed by atoms with Crippen LogP contribution in [0.25, 0.3) is 0 Å².